The van der Waals surface area contributed by atoms with Crippen LogP contribution in [0.1, 0.15) is 76.6 Å². The molecule has 0 radical (unpaired) electrons. The number of hydrogen-bond acceptors (Lipinski definition) is 7. The van der Waals surface area contributed by atoms with E-state index in [9.17, 15) is 14.4 Å². The van der Waals surface area contributed by atoms with Crippen LogP contribution >= 0.6 is 12.6 Å². The van der Waals surface area contributed by atoms with Crippen molar-refractivity contribution in [1.29, 1.82) is 0 Å². The molecule has 35 heavy (non-hydrogen) atoms. The van der Waals surface area contributed by atoms with Crippen LogP contribution in [0.15, 0.2) is 24.3 Å². The number of carbonyl (C=O) groups excluding carboxylic acids is 3. The molecule has 0 aromatic heterocycles. The van der Waals surface area contributed by atoms with Gasteiger partial charge < -0.3 is 26.4 Å². The molecule has 4 rings (SSSR count). The molecule has 1 aliphatic carbocycles. The van der Waals surface area contributed by atoms with Crippen molar-refractivity contribution in [2.24, 2.45) is 11.1 Å². The number of amides is 2. The summed E-state index contributed by atoms with van der Waals surface area (Å²) < 4.78 is 5.68. The van der Waals surface area contributed by atoms with Crippen LogP contribution in [0, 0.1) is 5.41 Å². The van der Waals surface area contributed by atoms with Crippen molar-refractivity contribution in [1.82, 2.24) is 10.2 Å². The predicted octanol–water partition coefficient (Wildman–Crippen LogP) is 2.91. The number of anilines is 1. The molecule has 9 heteroatoms. The van der Waals surface area contributed by atoms with Crippen LogP contribution in [0.5, 0.6) is 0 Å². The number of nitrogens with one attached hydrogen (secondary N) is 1. The Morgan fingerprint density at radius 1 is 1.20 bits per heavy atom. The Morgan fingerprint density at radius 2 is 1.77 bits per heavy atom. The van der Waals surface area contributed by atoms with Gasteiger partial charge in [0.05, 0.1) is 0 Å². The first-order chi connectivity index (χ1) is 16.2. The molecule has 1 saturated carbocycles. The Kier molecular flexibility index (Phi) is 8.23. The van der Waals surface area contributed by atoms with Crippen molar-refractivity contribution in [2.75, 3.05) is 18.9 Å². The summed E-state index contributed by atoms with van der Waals surface area (Å²) in [6.07, 6.45) is 5.21. The van der Waals surface area contributed by atoms with E-state index in [1.54, 1.807) is 24.3 Å². The number of fused-ring (bicyclic) bond motifs is 1. The van der Waals surface area contributed by atoms with Gasteiger partial charge in [-0.05, 0) is 48.9 Å². The Labute approximate surface area is 213 Å². The zero-order chi connectivity index (χ0) is 26.0. The molecule has 1 aromatic carbocycles. The Balaban J connectivity index is 0.000000623. The summed E-state index contributed by atoms with van der Waals surface area (Å²) in [5.41, 5.74) is 11.8. The molecule has 194 valence electrons. The van der Waals surface area contributed by atoms with E-state index in [0.717, 1.165) is 25.7 Å². The molecular weight excluding hydrogens is 464 g/mol. The number of ketones is 1. The third-order valence-corrected chi connectivity index (χ3v) is 6.87. The van der Waals surface area contributed by atoms with E-state index in [1.165, 1.54) is 4.90 Å². The average Bonchev–Trinajstić information content (AvgIpc) is 3.41. The zero-order valence-electron chi connectivity index (χ0n) is 21.3. The number of thiol groups is 1. The second-order valence-corrected chi connectivity index (χ2v) is 12.8. The molecule has 2 amide bonds. The van der Waals surface area contributed by atoms with Crippen molar-refractivity contribution in [3.05, 3.63) is 29.8 Å². The highest BCUT2D eigenvalue weighted by atomic mass is 32.1. The number of rotatable bonds is 5. The number of likely N-dealkylation sites (tertiary alicyclic amines) is 1. The lowest BCUT2D eigenvalue weighted by atomic mass is 9.81. The molecule has 2 aliphatic heterocycles. The van der Waals surface area contributed by atoms with E-state index in [1.807, 2.05) is 0 Å². The summed E-state index contributed by atoms with van der Waals surface area (Å²) in [7, 11) is 0. The molecule has 3 fully saturated rings. The van der Waals surface area contributed by atoms with Gasteiger partial charge in [-0.3, -0.25) is 14.4 Å². The summed E-state index contributed by atoms with van der Waals surface area (Å²) >= 11 is 4.12. The van der Waals surface area contributed by atoms with Crippen molar-refractivity contribution in [3.8, 4) is 0 Å². The van der Waals surface area contributed by atoms with Gasteiger partial charge in [-0.2, -0.15) is 12.6 Å². The zero-order valence-corrected chi connectivity index (χ0v) is 22.2. The fourth-order valence-corrected chi connectivity index (χ4v) is 5.15. The third-order valence-electron chi connectivity index (χ3n) is 6.87. The first-order valence-electron chi connectivity index (χ1n) is 12.4. The van der Waals surface area contributed by atoms with Crippen LogP contribution in [0.2, 0.25) is 0 Å². The van der Waals surface area contributed by atoms with Gasteiger partial charge in [0.25, 0.3) is 5.91 Å². The SMILES string of the molecule is CC(C)(C)S.CC1(C[C@H](NC(=O)c2ccc(N)cc2)C(=O)N2CCC3(N)OCC(=O)C23)CCCC1. The quantitative estimate of drug-likeness (QED) is 0.361. The van der Waals surface area contributed by atoms with Crippen LogP contribution in [0.25, 0.3) is 0 Å². The van der Waals surface area contributed by atoms with Crippen LogP contribution in [0.4, 0.5) is 5.69 Å². The summed E-state index contributed by atoms with van der Waals surface area (Å²) in [6.45, 7) is 8.58. The molecule has 8 nitrogen and oxygen atoms in total. The molecule has 0 spiro atoms. The number of carbonyl (C=O) groups is 3. The van der Waals surface area contributed by atoms with Crippen LogP contribution < -0.4 is 16.8 Å². The number of benzene rings is 1. The standard InChI is InChI=1S/C22H30N4O4.C4H10S/c1-21(8-2-3-9-21)12-16(25-19(28)14-4-6-15(23)7-5-14)20(29)26-11-10-22(24)18(26)17(27)13-30-22;1-4(2,3)5/h4-7,16,18H,2-3,8-13,23-24H2,1H3,(H,25,28);5H,1-3H3/t16-,18?,22?;/m0./s1. The van der Waals surface area contributed by atoms with Gasteiger partial charge in [-0.1, -0.05) is 40.5 Å². The van der Waals surface area contributed by atoms with Gasteiger partial charge in [0.1, 0.15) is 24.4 Å². The third kappa shape index (κ3) is 6.98. The minimum absolute atomic E-state index is 0.0234. The van der Waals surface area contributed by atoms with E-state index < -0.39 is 17.8 Å². The van der Waals surface area contributed by atoms with Crippen LogP contribution in [-0.2, 0) is 14.3 Å². The Morgan fingerprint density at radius 3 is 2.34 bits per heavy atom. The average molecular weight is 505 g/mol. The molecule has 1 aromatic rings. The number of ether oxygens (including phenoxy) is 1. The van der Waals surface area contributed by atoms with E-state index in [-0.39, 0.29) is 34.4 Å². The highest BCUT2D eigenvalue weighted by Gasteiger charge is 2.56. The highest BCUT2D eigenvalue weighted by Crippen LogP contribution is 2.42. The second-order valence-electron chi connectivity index (χ2n) is 11.4. The first kappa shape index (κ1) is 27.5. The number of nitrogen functional groups attached to an aromatic ring is 1. The maximum absolute atomic E-state index is 13.6. The predicted molar refractivity (Wildman–Crippen MR) is 140 cm³/mol. The molecular formula is C26H40N4O4S. The lowest BCUT2D eigenvalue weighted by Crippen LogP contribution is -2.57. The molecule has 3 aliphatic rings. The van der Waals surface area contributed by atoms with Gasteiger partial charge in [0, 0.05) is 29.0 Å². The van der Waals surface area contributed by atoms with Crippen molar-refractivity contribution < 1.29 is 19.1 Å². The molecule has 2 unspecified atom stereocenters. The largest absolute Gasteiger partial charge is 0.399 e. The topological polar surface area (TPSA) is 128 Å². The molecule has 2 heterocycles. The number of nitrogens with two attached hydrogens (primary N) is 2. The number of Topliss-reactive ketones (excluding diaryl/α,β-unsaturated/α-hetero) is 1. The van der Waals surface area contributed by atoms with Crippen molar-refractivity contribution in [3.63, 3.8) is 0 Å². The van der Waals surface area contributed by atoms with E-state index in [0.29, 0.717) is 30.6 Å². The fraction of sp³-hybridized carbons (Fsp3) is 0.654. The first-order valence-corrected chi connectivity index (χ1v) is 12.8. The fourth-order valence-electron chi connectivity index (χ4n) is 5.15. The summed E-state index contributed by atoms with van der Waals surface area (Å²) in [6, 6.07) is 5.08. The Hall–Kier alpha value is -2.10. The van der Waals surface area contributed by atoms with Gasteiger partial charge in [-0.15, -0.1) is 0 Å². The van der Waals surface area contributed by atoms with E-state index in [4.69, 9.17) is 16.2 Å². The monoisotopic (exact) mass is 504 g/mol. The molecule has 0 bridgehead atoms. The van der Waals surface area contributed by atoms with Crippen LogP contribution in [-0.4, -0.2) is 58.2 Å². The van der Waals surface area contributed by atoms with Crippen LogP contribution in [0.3, 0.4) is 0 Å². The van der Waals surface area contributed by atoms with Crippen molar-refractivity contribution >= 4 is 35.9 Å². The van der Waals surface area contributed by atoms with Gasteiger partial charge in [0.2, 0.25) is 5.91 Å². The van der Waals surface area contributed by atoms with Gasteiger partial charge in [-0.25, -0.2) is 0 Å². The number of nitrogens with zero attached hydrogens (tertiary/aromatic N) is 1. The van der Waals surface area contributed by atoms with Gasteiger partial charge >= 0.3 is 0 Å². The minimum atomic E-state index is -1.12. The lowest BCUT2D eigenvalue weighted by molar-refractivity contribution is -0.139. The van der Waals surface area contributed by atoms with E-state index >= 15 is 0 Å². The maximum Gasteiger partial charge on any atom is 0.251 e. The lowest BCUT2D eigenvalue weighted by Gasteiger charge is -2.33. The van der Waals surface area contributed by atoms with E-state index in [2.05, 4.69) is 45.6 Å². The molecule has 3 atom stereocenters. The van der Waals surface area contributed by atoms with Crippen molar-refractivity contribution in [2.45, 2.75) is 88.8 Å². The molecule has 5 N–H and O–H groups in total. The summed E-state index contributed by atoms with van der Waals surface area (Å²) in [4.78, 5) is 40.3. The summed E-state index contributed by atoms with van der Waals surface area (Å²) in [5.74, 6) is -0.774. The minimum Gasteiger partial charge on any atom is -0.399 e. The molecule has 2 saturated heterocycles. The summed E-state index contributed by atoms with van der Waals surface area (Å²) in [5, 5.41) is 2.92. The Bertz CT molecular complexity index is 934. The van der Waals surface area contributed by atoms with Gasteiger partial charge in [0.15, 0.2) is 5.78 Å². The number of hydrogen-bond donors (Lipinski definition) is 4. The smallest absolute Gasteiger partial charge is 0.251 e. The normalized spacial score (nSPS) is 26.1. The maximum atomic E-state index is 13.6. The second kappa shape index (κ2) is 10.5. The highest BCUT2D eigenvalue weighted by molar-refractivity contribution is 7.81.